The summed E-state index contributed by atoms with van der Waals surface area (Å²) in [4.78, 5) is 16.6. The number of ether oxygens (including phenoxy) is 1. The van der Waals surface area contributed by atoms with Gasteiger partial charge in [-0.3, -0.25) is 9.69 Å². The molecule has 2 aromatic rings. The van der Waals surface area contributed by atoms with Crippen molar-refractivity contribution < 1.29 is 13.9 Å². The van der Waals surface area contributed by atoms with Crippen LogP contribution in [0.4, 0.5) is 4.39 Å². The highest BCUT2D eigenvalue weighted by molar-refractivity contribution is 5.94. The van der Waals surface area contributed by atoms with Crippen LogP contribution >= 0.6 is 0 Å². The molecule has 0 atom stereocenters. The monoisotopic (exact) mass is 328 g/mol. The van der Waals surface area contributed by atoms with Crippen molar-refractivity contribution in [2.24, 2.45) is 0 Å². The Kier molecular flexibility index (Phi) is 5.11. The zero-order valence-electron chi connectivity index (χ0n) is 13.7. The predicted octanol–water partition coefficient (Wildman–Crippen LogP) is 2.79. The van der Waals surface area contributed by atoms with E-state index in [0.29, 0.717) is 25.2 Å². The van der Waals surface area contributed by atoms with E-state index < -0.39 is 0 Å². The van der Waals surface area contributed by atoms with E-state index in [1.165, 1.54) is 6.07 Å². The van der Waals surface area contributed by atoms with Crippen LogP contribution in [0.1, 0.15) is 15.9 Å². The quantitative estimate of drug-likeness (QED) is 0.865. The fourth-order valence-electron chi connectivity index (χ4n) is 2.92. The number of carbonyl (C=O) groups excluding carboxylic acids is 1. The minimum atomic E-state index is -0.208. The summed E-state index contributed by atoms with van der Waals surface area (Å²) in [5, 5.41) is 0. The van der Waals surface area contributed by atoms with E-state index in [4.69, 9.17) is 4.74 Å². The number of methoxy groups -OCH3 is 1. The van der Waals surface area contributed by atoms with E-state index in [1.807, 2.05) is 11.0 Å². The molecule has 0 spiro atoms. The van der Waals surface area contributed by atoms with Crippen LogP contribution in [0.5, 0.6) is 5.75 Å². The minimum Gasteiger partial charge on any atom is -0.497 e. The van der Waals surface area contributed by atoms with E-state index in [-0.39, 0.29) is 11.7 Å². The molecule has 1 fully saturated rings. The van der Waals surface area contributed by atoms with Gasteiger partial charge in [-0.1, -0.05) is 12.1 Å². The van der Waals surface area contributed by atoms with Crippen molar-refractivity contribution in [1.29, 1.82) is 0 Å². The lowest BCUT2D eigenvalue weighted by Crippen LogP contribution is -2.48. The van der Waals surface area contributed by atoms with Gasteiger partial charge in [0.2, 0.25) is 0 Å². The third kappa shape index (κ3) is 3.92. The van der Waals surface area contributed by atoms with E-state index in [9.17, 15) is 9.18 Å². The molecule has 1 aliphatic rings. The second kappa shape index (κ2) is 7.45. The number of piperazine rings is 1. The molecule has 3 rings (SSSR count). The summed E-state index contributed by atoms with van der Waals surface area (Å²) >= 11 is 0. The normalized spacial score (nSPS) is 15.3. The number of halogens is 1. The predicted molar refractivity (Wildman–Crippen MR) is 90.6 cm³/mol. The van der Waals surface area contributed by atoms with Crippen molar-refractivity contribution >= 4 is 5.91 Å². The number of nitrogens with zero attached hydrogens (tertiary/aromatic N) is 2. The fourth-order valence-corrected chi connectivity index (χ4v) is 2.92. The fraction of sp³-hybridized carbons (Fsp3) is 0.316. The molecule has 0 aliphatic carbocycles. The van der Waals surface area contributed by atoms with Gasteiger partial charge in [-0.05, 0) is 42.0 Å². The van der Waals surface area contributed by atoms with Crippen molar-refractivity contribution in [1.82, 2.24) is 9.80 Å². The highest BCUT2D eigenvalue weighted by Gasteiger charge is 2.22. The first-order chi connectivity index (χ1) is 11.7. The van der Waals surface area contributed by atoms with Crippen molar-refractivity contribution in [2.45, 2.75) is 6.54 Å². The van der Waals surface area contributed by atoms with Crippen LogP contribution < -0.4 is 4.74 Å². The van der Waals surface area contributed by atoms with Crippen molar-refractivity contribution in [3.8, 4) is 5.75 Å². The molecule has 5 heteroatoms. The van der Waals surface area contributed by atoms with Crippen LogP contribution in [0, 0.1) is 5.82 Å². The minimum absolute atomic E-state index is 0.0445. The summed E-state index contributed by atoms with van der Waals surface area (Å²) in [5.74, 6) is 0.579. The Morgan fingerprint density at radius 1 is 1.08 bits per heavy atom. The third-order valence-electron chi connectivity index (χ3n) is 4.29. The Balaban J connectivity index is 1.55. The molecule has 1 heterocycles. The van der Waals surface area contributed by atoms with Crippen LogP contribution in [-0.2, 0) is 6.54 Å². The van der Waals surface area contributed by atoms with Gasteiger partial charge in [0.05, 0.1) is 7.11 Å². The van der Waals surface area contributed by atoms with Crippen LogP contribution in [0.15, 0.2) is 48.5 Å². The third-order valence-corrected chi connectivity index (χ3v) is 4.29. The molecule has 126 valence electrons. The molecule has 4 nitrogen and oxygen atoms in total. The Bertz CT molecular complexity index is 695. The molecule has 1 saturated heterocycles. The smallest absolute Gasteiger partial charge is 0.253 e. The first kappa shape index (κ1) is 16.5. The SMILES string of the molecule is COc1ccc(C(=O)N2CCN(Cc3cccc(F)c3)CC2)cc1. The van der Waals surface area contributed by atoms with Gasteiger partial charge in [0.25, 0.3) is 5.91 Å². The lowest BCUT2D eigenvalue weighted by Gasteiger charge is -2.34. The summed E-state index contributed by atoms with van der Waals surface area (Å²) in [5.41, 5.74) is 1.64. The Morgan fingerprint density at radius 3 is 2.42 bits per heavy atom. The Labute approximate surface area is 141 Å². The van der Waals surface area contributed by atoms with E-state index in [1.54, 1.807) is 43.5 Å². The molecule has 0 N–H and O–H groups in total. The molecule has 0 unspecified atom stereocenters. The number of amides is 1. The summed E-state index contributed by atoms with van der Waals surface area (Å²) in [6.45, 7) is 3.65. The van der Waals surface area contributed by atoms with Gasteiger partial charge < -0.3 is 9.64 Å². The summed E-state index contributed by atoms with van der Waals surface area (Å²) < 4.78 is 18.4. The number of benzene rings is 2. The van der Waals surface area contributed by atoms with Crippen LogP contribution in [0.25, 0.3) is 0 Å². The first-order valence-corrected chi connectivity index (χ1v) is 8.06. The van der Waals surface area contributed by atoms with Crippen LogP contribution in [-0.4, -0.2) is 49.0 Å². The van der Waals surface area contributed by atoms with Crippen LogP contribution in [0.3, 0.4) is 0 Å². The van der Waals surface area contributed by atoms with Gasteiger partial charge >= 0.3 is 0 Å². The number of hydrogen-bond donors (Lipinski definition) is 0. The van der Waals surface area contributed by atoms with Gasteiger partial charge in [-0.15, -0.1) is 0 Å². The maximum absolute atomic E-state index is 13.3. The van der Waals surface area contributed by atoms with E-state index >= 15 is 0 Å². The topological polar surface area (TPSA) is 32.8 Å². The molecule has 0 bridgehead atoms. The maximum Gasteiger partial charge on any atom is 0.253 e. The number of carbonyl (C=O) groups is 1. The molecular weight excluding hydrogens is 307 g/mol. The van der Waals surface area contributed by atoms with Crippen molar-refractivity contribution in [3.05, 3.63) is 65.5 Å². The largest absolute Gasteiger partial charge is 0.497 e. The molecule has 1 aliphatic heterocycles. The standard InChI is InChI=1S/C19H21FN2O2/c1-24-18-7-5-16(6-8-18)19(23)22-11-9-21(10-12-22)14-15-3-2-4-17(20)13-15/h2-8,13H,9-12,14H2,1H3. The van der Waals surface area contributed by atoms with Gasteiger partial charge in [0, 0.05) is 38.3 Å². The molecule has 0 radical (unpaired) electrons. The molecule has 0 aromatic heterocycles. The number of hydrogen-bond acceptors (Lipinski definition) is 3. The molecule has 24 heavy (non-hydrogen) atoms. The second-order valence-corrected chi connectivity index (χ2v) is 5.93. The summed E-state index contributed by atoms with van der Waals surface area (Å²) in [6.07, 6.45) is 0. The molecule has 1 amide bonds. The van der Waals surface area contributed by atoms with Gasteiger partial charge in [0.1, 0.15) is 11.6 Å². The van der Waals surface area contributed by atoms with Gasteiger partial charge in [-0.2, -0.15) is 0 Å². The molecule has 0 saturated carbocycles. The molecular formula is C19H21FN2O2. The van der Waals surface area contributed by atoms with Crippen LogP contribution in [0.2, 0.25) is 0 Å². The average molecular weight is 328 g/mol. The van der Waals surface area contributed by atoms with Gasteiger partial charge in [0.15, 0.2) is 0 Å². The van der Waals surface area contributed by atoms with E-state index in [0.717, 1.165) is 24.4 Å². The van der Waals surface area contributed by atoms with Crippen molar-refractivity contribution in [3.63, 3.8) is 0 Å². The molecule has 2 aromatic carbocycles. The highest BCUT2D eigenvalue weighted by atomic mass is 19.1. The number of rotatable bonds is 4. The van der Waals surface area contributed by atoms with Gasteiger partial charge in [-0.25, -0.2) is 4.39 Å². The summed E-state index contributed by atoms with van der Waals surface area (Å²) in [6, 6.07) is 13.9. The Morgan fingerprint density at radius 2 is 1.79 bits per heavy atom. The van der Waals surface area contributed by atoms with Crippen molar-refractivity contribution in [2.75, 3.05) is 33.3 Å². The van der Waals surface area contributed by atoms with E-state index in [2.05, 4.69) is 4.90 Å². The Hall–Kier alpha value is -2.40. The second-order valence-electron chi connectivity index (χ2n) is 5.93. The lowest BCUT2D eigenvalue weighted by molar-refractivity contribution is 0.0628. The highest BCUT2D eigenvalue weighted by Crippen LogP contribution is 2.15. The lowest BCUT2D eigenvalue weighted by atomic mass is 10.1. The zero-order chi connectivity index (χ0) is 16.9. The maximum atomic E-state index is 13.3. The zero-order valence-corrected chi connectivity index (χ0v) is 13.7. The first-order valence-electron chi connectivity index (χ1n) is 8.06. The average Bonchev–Trinajstić information content (AvgIpc) is 2.62. The summed E-state index contributed by atoms with van der Waals surface area (Å²) in [7, 11) is 1.61.